The zero-order valence-corrected chi connectivity index (χ0v) is 14.9. The van der Waals surface area contributed by atoms with Gasteiger partial charge in [0.15, 0.2) is 11.6 Å². The van der Waals surface area contributed by atoms with Gasteiger partial charge in [-0.1, -0.05) is 26.5 Å². The lowest BCUT2D eigenvalue weighted by Gasteiger charge is -2.72. The highest BCUT2D eigenvalue weighted by Gasteiger charge is 2.86. The maximum absolute atomic E-state index is 13.3. The third-order valence-corrected chi connectivity index (χ3v) is 8.22. The average molecular weight is 360 g/mol. The maximum atomic E-state index is 13.3. The Bertz CT molecular complexity index is 798. The first-order chi connectivity index (χ1) is 12.1. The molecule has 0 aromatic rings. The molecular weight excluding hydrogens is 336 g/mol. The van der Waals surface area contributed by atoms with E-state index in [2.05, 4.69) is 6.58 Å². The summed E-state index contributed by atoms with van der Waals surface area (Å²) in [4.78, 5) is 26.5. The van der Waals surface area contributed by atoms with Gasteiger partial charge in [0.05, 0.1) is 18.1 Å². The van der Waals surface area contributed by atoms with E-state index >= 15 is 0 Å². The lowest BCUT2D eigenvalue weighted by Crippen LogP contribution is -2.84. The highest BCUT2D eigenvalue weighted by Crippen LogP contribution is 2.75. The Morgan fingerprint density at radius 1 is 1.19 bits per heavy atom. The molecule has 6 aliphatic rings. The van der Waals surface area contributed by atoms with Gasteiger partial charge in [0, 0.05) is 11.8 Å². The van der Waals surface area contributed by atoms with Crippen LogP contribution in [-0.2, 0) is 14.3 Å². The number of hydrogen-bond acceptors (Lipinski definition) is 6. The molecule has 0 aromatic heterocycles. The number of fused-ring (bicyclic) bond motifs is 2. The summed E-state index contributed by atoms with van der Waals surface area (Å²) in [7, 11) is 0. The molecule has 140 valence electrons. The highest BCUT2D eigenvalue weighted by atomic mass is 16.6. The third kappa shape index (κ3) is 1.32. The van der Waals surface area contributed by atoms with Gasteiger partial charge in [0.1, 0.15) is 11.5 Å². The second kappa shape index (κ2) is 4.38. The van der Waals surface area contributed by atoms with Gasteiger partial charge in [-0.2, -0.15) is 0 Å². The Kier molecular flexibility index (Phi) is 2.83. The molecule has 6 nitrogen and oxygen atoms in total. The van der Waals surface area contributed by atoms with E-state index in [-0.39, 0.29) is 18.0 Å². The molecule has 6 heteroatoms. The Labute approximate surface area is 151 Å². The van der Waals surface area contributed by atoms with Crippen molar-refractivity contribution in [3.63, 3.8) is 0 Å². The van der Waals surface area contributed by atoms with Crippen LogP contribution in [0, 0.1) is 34.0 Å². The Morgan fingerprint density at radius 2 is 1.88 bits per heavy atom. The number of hydrogen-bond donors (Lipinski definition) is 3. The monoisotopic (exact) mass is 360 g/mol. The van der Waals surface area contributed by atoms with Crippen LogP contribution in [0.25, 0.3) is 0 Å². The van der Waals surface area contributed by atoms with E-state index in [1.807, 2.05) is 13.8 Å². The molecule has 2 saturated heterocycles. The predicted octanol–water partition coefficient (Wildman–Crippen LogP) is 0.360. The van der Waals surface area contributed by atoms with Crippen LogP contribution in [0.5, 0.6) is 0 Å². The number of carbonyl (C=O) groups excluding carboxylic acids is 2. The standard InChI is InChI=1S/C20H24O6/c1-9-10-4-5-11-18-8-26-20(25,19(11,14(9)22)15(10)23)16(24)13(18)17(2,3)7-6-12(18)21/h6-7,10-11,13,15-16,23-25H,1,4-5,8H2,2-3H3/t10-,11-,13+,15+,16-,18+,19-,20+/m0/s1. The smallest absolute Gasteiger partial charge is 0.208 e. The van der Waals surface area contributed by atoms with Crippen LogP contribution in [0.3, 0.4) is 0 Å². The molecule has 0 aromatic carbocycles. The van der Waals surface area contributed by atoms with E-state index < -0.39 is 57.8 Å². The third-order valence-electron chi connectivity index (χ3n) is 8.22. The van der Waals surface area contributed by atoms with Crippen molar-refractivity contribution in [3.05, 3.63) is 24.3 Å². The highest BCUT2D eigenvalue weighted by molar-refractivity contribution is 6.07. The number of aliphatic hydroxyl groups excluding tert-OH is 2. The fraction of sp³-hybridized carbons (Fsp3) is 0.700. The average Bonchev–Trinajstić information content (AvgIpc) is 2.69. The SMILES string of the molecule is C=C1C(=O)[C@]23[C@H](O)[C@H]1CC[C@H]2[C@@]12CO[C@]3(O)[C@@H](O)[C@@H]1C(C)(C)C=CC2=O. The molecule has 2 spiro atoms. The molecule has 4 aliphatic carbocycles. The van der Waals surface area contributed by atoms with Gasteiger partial charge in [-0.3, -0.25) is 9.59 Å². The van der Waals surface area contributed by atoms with Gasteiger partial charge >= 0.3 is 0 Å². The second-order valence-electron chi connectivity index (χ2n) is 9.37. The summed E-state index contributed by atoms with van der Waals surface area (Å²) in [6.07, 6.45) is 1.67. The first-order valence-corrected chi connectivity index (χ1v) is 9.26. The number of Topliss-reactive ketones (excluding diaryl/α,β-unsaturated/α-hetero) is 1. The van der Waals surface area contributed by atoms with Crippen molar-refractivity contribution >= 4 is 11.6 Å². The number of ketones is 2. The molecule has 4 bridgehead atoms. The lowest BCUT2D eigenvalue weighted by molar-refractivity contribution is -0.433. The first kappa shape index (κ1) is 16.8. The van der Waals surface area contributed by atoms with Gasteiger partial charge in [-0.05, 0) is 35.8 Å². The van der Waals surface area contributed by atoms with Crippen LogP contribution < -0.4 is 0 Å². The van der Waals surface area contributed by atoms with E-state index in [0.29, 0.717) is 12.8 Å². The van der Waals surface area contributed by atoms with Crippen molar-refractivity contribution in [1.82, 2.24) is 0 Å². The topological polar surface area (TPSA) is 104 Å². The summed E-state index contributed by atoms with van der Waals surface area (Å²) in [5.74, 6) is -4.51. The molecule has 6 rings (SSSR count). The molecule has 3 saturated carbocycles. The lowest BCUT2D eigenvalue weighted by atomic mass is 9.37. The number of aliphatic hydroxyl groups is 3. The van der Waals surface area contributed by atoms with Crippen LogP contribution in [0.15, 0.2) is 24.3 Å². The van der Waals surface area contributed by atoms with E-state index in [1.54, 1.807) is 6.08 Å². The van der Waals surface area contributed by atoms with Gasteiger partial charge in [-0.15, -0.1) is 0 Å². The molecule has 2 heterocycles. The number of rotatable bonds is 0. The first-order valence-electron chi connectivity index (χ1n) is 9.26. The molecule has 8 atom stereocenters. The molecule has 0 radical (unpaired) electrons. The van der Waals surface area contributed by atoms with Crippen LogP contribution in [0.4, 0.5) is 0 Å². The summed E-state index contributed by atoms with van der Waals surface area (Å²) >= 11 is 0. The number of allylic oxidation sites excluding steroid dienone is 2. The minimum atomic E-state index is -2.22. The van der Waals surface area contributed by atoms with Crippen LogP contribution >= 0.6 is 0 Å². The molecule has 0 unspecified atom stereocenters. The zero-order valence-electron chi connectivity index (χ0n) is 14.9. The normalized spacial score (nSPS) is 56.5. The van der Waals surface area contributed by atoms with Crippen molar-refractivity contribution in [2.75, 3.05) is 6.61 Å². The summed E-state index contributed by atoms with van der Waals surface area (Å²) in [5, 5.41) is 33.8. The minimum absolute atomic E-state index is 0.0542. The fourth-order valence-corrected chi connectivity index (χ4v) is 7.24. The minimum Gasteiger partial charge on any atom is -0.391 e. The quantitative estimate of drug-likeness (QED) is 0.539. The Hall–Kier alpha value is -1.34. The fourth-order valence-electron chi connectivity index (χ4n) is 7.24. The second-order valence-corrected chi connectivity index (χ2v) is 9.37. The van der Waals surface area contributed by atoms with E-state index in [0.717, 1.165) is 0 Å². The molecule has 2 aliphatic heterocycles. The van der Waals surface area contributed by atoms with Crippen LogP contribution in [-0.4, -0.2) is 51.5 Å². The van der Waals surface area contributed by atoms with Gasteiger partial charge in [0.2, 0.25) is 5.79 Å². The summed E-state index contributed by atoms with van der Waals surface area (Å²) in [6.45, 7) is 7.63. The van der Waals surface area contributed by atoms with Gasteiger partial charge < -0.3 is 20.1 Å². The van der Waals surface area contributed by atoms with Crippen molar-refractivity contribution in [2.24, 2.45) is 34.0 Å². The van der Waals surface area contributed by atoms with Crippen molar-refractivity contribution in [2.45, 2.75) is 44.7 Å². The van der Waals surface area contributed by atoms with E-state index in [4.69, 9.17) is 4.74 Å². The molecule has 26 heavy (non-hydrogen) atoms. The predicted molar refractivity (Wildman–Crippen MR) is 89.6 cm³/mol. The molecule has 3 N–H and O–H groups in total. The Balaban J connectivity index is 1.85. The van der Waals surface area contributed by atoms with E-state index in [9.17, 15) is 24.9 Å². The summed E-state index contributed by atoms with van der Waals surface area (Å²) in [6, 6.07) is 0. The molecule has 5 fully saturated rings. The largest absolute Gasteiger partial charge is 0.391 e. The van der Waals surface area contributed by atoms with Gasteiger partial charge in [0.25, 0.3) is 0 Å². The van der Waals surface area contributed by atoms with Crippen molar-refractivity contribution in [1.29, 1.82) is 0 Å². The summed E-state index contributed by atoms with van der Waals surface area (Å²) in [5.41, 5.74) is -3.15. The van der Waals surface area contributed by atoms with Gasteiger partial charge in [-0.25, -0.2) is 0 Å². The molecular formula is C20H24O6. The van der Waals surface area contributed by atoms with Crippen molar-refractivity contribution < 1.29 is 29.6 Å². The maximum Gasteiger partial charge on any atom is 0.208 e. The summed E-state index contributed by atoms with van der Waals surface area (Å²) < 4.78 is 5.71. The Morgan fingerprint density at radius 3 is 2.58 bits per heavy atom. The van der Waals surface area contributed by atoms with E-state index in [1.165, 1.54) is 6.08 Å². The van der Waals surface area contributed by atoms with Crippen LogP contribution in [0.1, 0.15) is 26.7 Å². The number of carbonyl (C=O) groups is 2. The van der Waals surface area contributed by atoms with Crippen LogP contribution in [0.2, 0.25) is 0 Å². The van der Waals surface area contributed by atoms with Crippen molar-refractivity contribution in [3.8, 4) is 0 Å². The molecule has 0 amide bonds. The zero-order chi connectivity index (χ0) is 18.9. The number of ether oxygens (including phenoxy) is 1.